The van der Waals surface area contributed by atoms with Crippen LogP contribution < -0.4 is 0 Å². The Kier molecular flexibility index (Phi) is 48.7. The zero-order valence-electron chi connectivity index (χ0n) is 70.7. The van der Waals surface area contributed by atoms with Crippen LogP contribution in [0.4, 0.5) is 0 Å². The summed E-state index contributed by atoms with van der Waals surface area (Å²) in [5, 5.41) is 14.2. The van der Waals surface area contributed by atoms with Crippen LogP contribution in [0.3, 0.4) is 0 Å². The van der Waals surface area contributed by atoms with Gasteiger partial charge in [-0.05, 0) is 212 Å². The van der Waals surface area contributed by atoms with Crippen molar-refractivity contribution in [3.05, 3.63) is 225 Å². The second-order valence-electron chi connectivity index (χ2n) is 28.5. The van der Waals surface area contributed by atoms with Crippen molar-refractivity contribution in [2.75, 3.05) is 39.6 Å². The number of rotatable bonds is 33. The number of imide groups is 1. The van der Waals surface area contributed by atoms with E-state index in [0.29, 0.717) is 88.1 Å². The molecule has 0 saturated heterocycles. The van der Waals surface area contributed by atoms with Crippen molar-refractivity contribution in [1.29, 1.82) is 0 Å². The van der Waals surface area contributed by atoms with Gasteiger partial charge in [0.2, 0.25) is 0 Å². The van der Waals surface area contributed by atoms with Crippen LogP contribution in [-0.2, 0) is 95.1 Å². The average molecular weight is 1600 g/mol. The first kappa shape index (κ1) is 96.9. The zero-order valence-corrected chi connectivity index (χ0v) is 72.4. The number of nitrogens with zero attached hydrogens (tertiary/aromatic N) is 10. The minimum absolute atomic E-state index is 0.173. The first-order valence-corrected chi connectivity index (χ1v) is 41.1. The molecule has 1 N–H and O–H groups in total. The number of aryl methyl sites for hydroxylation is 2. The second-order valence-corrected chi connectivity index (χ2v) is 30.3. The van der Waals surface area contributed by atoms with Gasteiger partial charge in [-0.1, -0.05) is 53.7 Å². The highest BCUT2D eigenvalue weighted by Gasteiger charge is 2.34. The molecule has 0 bridgehead atoms. The van der Waals surface area contributed by atoms with E-state index in [1.807, 2.05) is 248 Å². The molecule has 0 saturated carbocycles. The second kappa shape index (κ2) is 56.7. The highest BCUT2D eigenvalue weighted by Crippen LogP contribution is 2.23. The number of hydrogen-bond donors (Lipinski definition) is 1. The van der Waals surface area contributed by atoms with Crippen molar-refractivity contribution >= 4 is 56.4 Å². The highest BCUT2D eigenvalue weighted by atomic mass is 32.1. The van der Waals surface area contributed by atoms with Gasteiger partial charge in [0.15, 0.2) is 0 Å². The maximum Gasteiger partial charge on any atom is 0.261 e. The SMILES string of the molecule is CC(C)OCCCN1C(=O)c2ccccc2C1=O.CC(C)OCCn1cccc1.CC(C)OCCn1cccc1.CC(C)OCCn1cccn1.CC(C)OCc1ccc2ccccc2n1.CC(C)OCc1cscn1.CC(C)OCc1nc2ccccc2[nH]1.Cc1cc(CCOC(C)C)no1.Cc1nc(COC(C)C)cs1. The van der Waals surface area contributed by atoms with Crippen molar-refractivity contribution in [2.45, 2.75) is 252 Å². The summed E-state index contributed by atoms with van der Waals surface area (Å²) in [6.07, 6.45) is 15.9. The summed E-state index contributed by atoms with van der Waals surface area (Å²) in [5.74, 6) is 1.36. The standard InChI is InChI=1S/C14H17NO3.C13H15NO.C11H14N2O.C9H15NO2.2C9H15NO.C8H14N2O.C8H13NOS.C7H11NOS/c1-10(2)18-9-5-8-15-13(16)11-6-3-4-7-12(11)14(15)17;1-10(2)15-9-12-8-7-11-5-3-4-6-13(11)14-12;1-8(2)14-7-11-12-9-5-3-4-6-10(9)13-11;1-7(2)11-5-4-9-6-8(3)12-10-9;2*1-9(2)11-8-7-10-5-3-4-6-10;1-8(2)11-7-6-10-5-3-4-9-10;1-6(2)10-4-8-5-11-7(3)9-8;1-6(2)9-3-7-4-10-5-8-7/h3-4,6-7,10H,5,8-9H2,1-2H3;3-8,10H,9H2,1-2H3;3-6,8H,7H2,1-2H3,(H,12,13);6-7H,4-5H2,1-3H3;2*3-6,9H,7-8H2,1-2H3;3-5,8H,6-7H2,1-2H3;5-6H,4H2,1-3H3;4-6H,3H2,1-2H3. The molecule has 8 aromatic heterocycles. The summed E-state index contributed by atoms with van der Waals surface area (Å²) < 4.78 is 59.6. The smallest absolute Gasteiger partial charge is 0.261 e. The van der Waals surface area contributed by atoms with Crippen LogP contribution in [0.2, 0.25) is 0 Å². The number of thiazole rings is 2. The Morgan fingerprint density at radius 2 is 0.920 bits per heavy atom. The van der Waals surface area contributed by atoms with Crippen molar-refractivity contribution in [3.63, 3.8) is 0 Å². The van der Waals surface area contributed by atoms with E-state index < -0.39 is 0 Å². The molecule has 113 heavy (non-hydrogen) atoms. The molecule has 2 amide bonds. The van der Waals surface area contributed by atoms with Gasteiger partial charge in [0.05, 0.1) is 169 Å². The molecule has 25 heteroatoms. The van der Waals surface area contributed by atoms with Gasteiger partial charge in [0, 0.05) is 92.1 Å². The van der Waals surface area contributed by atoms with E-state index in [2.05, 4.69) is 84.1 Å². The lowest BCUT2D eigenvalue weighted by Gasteiger charge is -2.14. The molecule has 23 nitrogen and oxygen atoms in total. The number of aromatic amines is 1. The lowest BCUT2D eigenvalue weighted by atomic mass is 10.1. The van der Waals surface area contributed by atoms with E-state index in [0.717, 1.165) is 102 Å². The van der Waals surface area contributed by atoms with Crippen molar-refractivity contribution < 1.29 is 56.7 Å². The fourth-order valence-corrected chi connectivity index (χ4v) is 10.7. The Morgan fingerprint density at radius 1 is 0.434 bits per heavy atom. The predicted octanol–water partition coefficient (Wildman–Crippen LogP) is 19.3. The Balaban J connectivity index is 0.000000270. The van der Waals surface area contributed by atoms with Crippen molar-refractivity contribution in [1.82, 2.24) is 53.9 Å². The van der Waals surface area contributed by atoms with E-state index in [4.69, 9.17) is 47.2 Å². The maximum absolute atomic E-state index is 12.0. The Morgan fingerprint density at radius 3 is 1.41 bits per heavy atom. The summed E-state index contributed by atoms with van der Waals surface area (Å²) in [5.41, 5.74) is 9.95. The number of para-hydroxylation sites is 3. The number of H-pyrrole nitrogens is 1. The van der Waals surface area contributed by atoms with Gasteiger partial charge in [-0.2, -0.15) is 5.10 Å². The topological polar surface area (TPSA) is 242 Å². The van der Waals surface area contributed by atoms with Crippen LogP contribution in [0.1, 0.15) is 191 Å². The number of amides is 2. The molecule has 9 heterocycles. The van der Waals surface area contributed by atoms with E-state index in [9.17, 15) is 9.59 Å². The summed E-state index contributed by atoms with van der Waals surface area (Å²) in [6, 6.07) is 39.1. The zero-order chi connectivity index (χ0) is 82.7. The minimum Gasteiger partial charge on any atom is -0.379 e. The molecule has 3 aromatic carbocycles. The molecule has 1 aliphatic heterocycles. The van der Waals surface area contributed by atoms with E-state index in [-0.39, 0.29) is 42.3 Å². The largest absolute Gasteiger partial charge is 0.379 e. The number of aromatic nitrogens is 10. The number of pyridine rings is 1. The molecule has 0 radical (unpaired) electrons. The van der Waals surface area contributed by atoms with Gasteiger partial charge < -0.3 is 61.3 Å². The van der Waals surface area contributed by atoms with Crippen LogP contribution in [0.15, 0.2) is 179 Å². The molecule has 1 aliphatic rings. The van der Waals surface area contributed by atoms with Gasteiger partial charge in [-0.25, -0.2) is 15.0 Å². The first-order valence-electron chi connectivity index (χ1n) is 39.3. The maximum atomic E-state index is 12.0. The summed E-state index contributed by atoms with van der Waals surface area (Å²) in [4.78, 5) is 45.8. The first-order chi connectivity index (χ1) is 54.1. The molecule has 0 spiro atoms. The summed E-state index contributed by atoms with van der Waals surface area (Å²) >= 11 is 3.27. The molecule has 620 valence electrons. The lowest BCUT2D eigenvalue weighted by molar-refractivity contribution is 0.0564. The number of hydrogen-bond acceptors (Lipinski definition) is 20. The predicted molar refractivity (Wildman–Crippen MR) is 454 cm³/mol. The molecule has 0 unspecified atom stereocenters. The van der Waals surface area contributed by atoms with E-state index in [1.54, 1.807) is 53.1 Å². The highest BCUT2D eigenvalue weighted by molar-refractivity contribution is 7.09. The average Bonchev–Trinajstić information content (AvgIpc) is 1.61. The lowest BCUT2D eigenvalue weighted by Crippen LogP contribution is -2.31. The number of nitrogens with one attached hydrogen (secondary N) is 1. The number of benzene rings is 3. The molecule has 0 aliphatic carbocycles. The normalized spacial score (nSPS) is 11.5. The third kappa shape index (κ3) is 44.7. The number of imidazole rings is 1. The van der Waals surface area contributed by atoms with Gasteiger partial charge in [-0.15, -0.1) is 22.7 Å². The van der Waals surface area contributed by atoms with Gasteiger partial charge in [0.1, 0.15) is 18.2 Å². The number of carbonyl (C=O) groups excluding carboxylic acids is 2. The van der Waals surface area contributed by atoms with Gasteiger partial charge in [-0.3, -0.25) is 24.2 Å². The van der Waals surface area contributed by atoms with Gasteiger partial charge >= 0.3 is 0 Å². The molecule has 11 aromatic rings. The molecular weight excluding hydrogens is 1470 g/mol. The van der Waals surface area contributed by atoms with Crippen LogP contribution in [-0.4, -0.2) is 160 Å². The fourth-order valence-electron chi connectivity index (χ4n) is 9.61. The van der Waals surface area contributed by atoms with Crippen LogP contribution in [0.25, 0.3) is 21.9 Å². The molecule has 0 atom stereocenters. The molecule has 12 rings (SSSR count). The third-order valence-electron chi connectivity index (χ3n) is 15.1. The number of fused-ring (bicyclic) bond motifs is 3. The van der Waals surface area contributed by atoms with E-state index >= 15 is 0 Å². The minimum atomic E-state index is -0.194. The van der Waals surface area contributed by atoms with Crippen LogP contribution >= 0.6 is 22.7 Å². The fraction of sp³-hybridized carbons (Fsp3) is 0.500. The van der Waals surface area contributed by atoms with Crippen molar-refractivity contribution in [2.24, 2.45) is 0 Å². The Hall–Kier alpha value is -8.44. The molecular formula is C88H129N11O12S2. The summed E-state index contributed by atoms with van der Waals surface area (Å²) in [6.45, 7) is 49.5. The quantitative estimate of drug-likeness (QED) is 0.0297. The monoisotopic (exact) mass is 1600 g/mol. The van der Waals surface area contributed by atoms with Crippen LogP contribution in [0, 0.1) is 13.8 Å². The Bertz CT molecular complexity index is 3980. The number of carbonyl (C=O) groups is 2. The summed E-state index contributed by atoms with van der Waals surface area (Å²) in [7, 11) is 0. The third-order valence-corrected chi connectivity index (χ3v) is 16.6. The van der Waals surface area contributed by atoms with Crippen molar-refractivity contribution in [3.8, 4) is 0 Å². The van der Waals surface area contributed by atoms with Gasteiger partial charge in [0.25, 0.3) is 11.8 Å². The van der Waals surface area contributed by atoms with Crippen LogP contribution in [0.5, 0.6) is 0 Å². The molecule has 0 fully saturated rings. The Labute approximate surface area is 680 Å². The number of ether oxygens (including phenoxy) is 9. The van der Waals surface area contributed by atoms with E-state index in [1.165, 1.54) is 10.3 Å².